The molecule has 1 aromatic heterocycles. The molecular formula is C19H29N5O3. The van der Waals surface area contributed by atoms with E-state index in [0.29, 0.717) is 18.9 Å². The number of rotatable bonds is 3. The van der Waals surface area contributed by atoms with Gasteiger partial charge in [-0.25, -0.2) is 9.78 Å². The normalized spacial score (nSPS) is 21.6. The van der Waals surface area contributed by atoms with Crippen LogP contribution in [0.15, 0.2) is 0 Å². The summed E-state index contributed by atoms with van der Waals surface area (Å²) in [6.45, 7) is 7.66. The molecule has 2 fully saturated rings. The van der Waals surface area contributed by atoms with Gasteiger partial charge in [0.2, 0.25) is 11.9 Å². The van der Waals surface area contributed by atoms with Crippen LogP contribution in [-0.4, -0.2) is 71.6 Å². The molecular weight excluding hydrogens is 346 g/mol. The molecule has 2 aliphatic rings. The van der Waals surface area contributed by atoms with Gasteiger partial charge in [-0.2, -0.15) is 4.98 Å². The van der Waals surface area contributed by atoms with Crippen LogP contribution in [0.5, 0.6) is 0 Å². The number of hydrogen-bond acceptors (Lipinski definition) is 6. The summed E-state index contributed by atoms with van der Waals surface area (Å²) in [6, 6.07) is -0.697. The molecule has 148 valence electrons. The first-order valence-electron chi connectivity index (χ1n) is 9.41. The molecule has 1 aromatic rings. The van der Waals surface area contributed by atoms with Crippen molar-refractivity contribution in [2.45, 2.75) is 46.1 Å². The highest BCUT2D eigenvalue weighted by Gasteiger charge is 2.49. The Kier molecular flexibility index (Phi) is 5.01. The average molecular weight is 375 g/mol. The zero-order valence-electron chi connectivity index (χ0n) is 16.8. The van der Waals surface area contributed by atoms with Gasteiger partial charge in [0.25, 0.3) is 0 Å². The number of carboxylic acids is 1. The fourth-order valence-electron chi connectivity index (χ4n) is 4.27. The molecule has 3 heterocycles. The summed E-state index contributed by atoms with van der Waals surface area (Å²) in [5, 5.41) is 9.50. The Balaban J connectivity index is 1.78. The van der Waals surface area contributed by atoms with Gasteiger partial charge in [-0.15, -0.1) is 0 Å². The van der Waals surface area contributed by atoms with Crippen LogP contribution in [0, 0.1) is 19.3 Å². The minimum atomic E-state index is -0.901. The van der Waals surface area contributed by atoms with Gasteiger partial charge in [-0.1, -0.05) is 0 Å². The van der Waals surface area contributed by atoms with Crippen LogP contribution in [0.4, 0.5) is 11.8 Å². The third kappa shape index (κ3) is 3.57. The Morgan fingerprint density at radius 3 is 2.30 bits per heavy atom. The predicted molar refractivity (Wildman–Crippen MR) is 103 cm³/mol. The summed E-state index contributed by atoms with van der Waals surface area (Å²) in [5.41, 5.74) is 1.95. The minimum Gasteiger partial charge on any atom is -0.480 e. The number of nitrogens with zero attached hydrogens (tertiary/aromatic N) is 5. The summed E-state index contributed by atoms with van der Waals surface area (Å²) in [7, 11) is 3.86. The summed E-state index contributed by atoms with van der Waals surface area (Å²) in [5.74, 6) is 0.599. The SMILES string of the molecule is CC(=O)N1CC2(CCN(c3nc(N(C)C)nc(C)c3C)CC2)CC1C(=O)O. The number of aryl methyl sites for hydroxylation is 1. The highest BCUT2D eigenvalue weighted by Crippen LogP contribution is 2.44. The lowest BCUT2D eigenvalue weighted by Crippen LogP contribution is -2.43. The maximum Gasteiger partial charge on any atom is 0.326 e. The number of aromatic nitrogens is 2. The zero-order valence-corrected chi connectivity index (χ0v) is 16.8. The van der Waals surface area contributed by atoms with Gasteiger partial charge >= 0.3 is 5.97 Å². The second kappa shape index (κ2) is 6.98. The van der Waals surface area contributed by atoms with E-state index in [1.54, 1.807) is 0 Å². The highest BCUT2D eigenvalue weighted by molar-refractivity contribution is 5.83. The molecule has 1 spiro atoms. The summed E-state index contributed by atoms with van der Waals surface area (Å²) in [4.78, 5) is 38.5. The van der Waals surface area contributed by atoms with Crippen LogP contribution in [-0.2, 0) is 9.59 Å². The van der Waals surface area contributed by atoms with E-state index in [4.69, 9.17) is 4.98 Å². The molecule has 1 amide bonds. The predicted octanol–water partition coefficient (Wildman–Crippen LogP) is 1.45. The van der Waals surface area contributed by atoms with E-state index in [1.807, 2.05) is 32.8 Å². The molecule has 0 saturated carbocycles. The van der Waals surface area contributed by atoms with Gasteiger partial charge < -0.3 is 19.8 Å². The molecule has 0 aliphatic carbocycles. The minimum absolute atomic E-state index is 0.106. The van der Waals surface area contributed by atoms with E-state index in [9.17, 15) is 14.7 Å². The summed E-state index contributed by atoms with van der Waals surface area (Å²) in [6.07, 6.45) is 2.27. The molecule has 8 heteroatoms. The largest absolute Gasteiger partial charge is 0.480 e. The number of anilines is 2. The number of likely N-dealkylation sites (tertiary alicyclic amines) is 1. The first-order chi connectivity index (χ1) is 12.6. The topological polar surface area (TPSA) is 89.9 Å². The van der Waals surface area contributed by atoms with Crippen LogP contribution < -0.4 is 9.80 Å². The first-order valence-corrected chi connectivity index (χ1v) is 9.41. The molecule has 2 saturated heterocycles. The van der Waals surface area contributed by atoms with Crippen molar-refractivity contribution in [3.63, 3.8) is 0 Å². The lowest BCUT2D eigenvalue weighted by molar-refractivity contribution is -0.147. The van der Waals surface area contributed by atoms with Crippen molar-refractivity contribution in [3.05, 3.63) is 11.3 Å². The zero-order chi connectivity index (χ0) is 19.9. The standard InChI is InChI=1S/C19H29N5O3/c1-12-13(2)20-18(22(4)5)21-16(12)23-8-6-19(7-9-23)10-15(17(26)27)24(11-19)14(3)25/h15H,6-11H2,1-5H3,(H,26,27). The van der Waals surface area contributed by atoms with E-state index in [1.165, 1.54) is 11.8 Å². The maximum atomic E-state index is 11.9. The van der Waals surface area contributed by atoms with E-state index in [2.05, 4.69) is 9.88 Å². The molecule has 1 atom stereocenters. The number of carbonyl (C=O) groups excluding carboxylic acids is 1. The van der Waals surface area contributed by atoms with Gasteiger partial charge in [-0.05, 0) is 38.5 Å². The third-order valence-electron chi connectivity index (χ3n) is 6.07. The monoisotopic (exact) mass is 375 g/mol. The van der Waals surface area contributed by atoms with Crippen molar-refractivity contribution in [2.24, 2.45) is 5.41 Å². The smallest absolute Gasteiger partial charge is 0.326 e. The highest BCUT2D eigenvalue weighted by atomic mass is 16.4. The Morgan fingerprint density at radius 1 is 1.19 bits per heavy atom. The van der Waals surface area contributed by atoms with Crippen molar-refractivity contribution in [1.82, 2.24) is 14.9 Å². The Morgan fingerprint density at radius 2 is 1.81 bits per heavy atom. The lowest BCUT2D eigenvalue weighted by atomic mass is 9.76. The summed E-state index contributed by atoms with van der Waals surface area (Å²) >= 11 is 0. The van der Waals surface area contributed by atoms with Gasteiger partial charge in [-0.3, -0.25) is 4.79 Å². The number of carbonyl (C=O) groups is 2. The van der Waals surface area contributed by atoms with Crippen LogP contribution in [0.2, 0.25) is 0 Å². The van der Waals surface area contributed by atoms with Crippen molar-refractivity contribution in [2.75, 3.05) is 43.5 Å². The van der Waals surface area contributed by atoms with Crippen LogP contribution in [0.25, 0.3) is 0 Å². The quantitative estimate of drug-likeness (QED) is 0.855. The fraction of sp³-hybridized carbons (Fsp3) is 0.684. The lowest BCUT2D eigenvalue weighted by Gasteiger charge is -2.40. The summed E-state index contributed by atoms with van der Waals surface area (Å²) < 4.78 is 0. The van der Waals surface area contributed by atoms with Crippen molar-refractivity contribution in [1.29, 1.82) is 0 Å². The van der Waals surface area contributed by atoms with E-state index in [0.717, 1.165) is 43.0 Å². The molecule has 2 aliphatic heterocycles. The Hall–Kier alpha value is -2.38. The molecule has 0 bridgehead atoms. The number of hydrogen-bond donors (Lipinski definition) is 1. The number of carboxylic acid groups (broad SMARTS) is 1. The number of amides is 1. The van der Waals surface area contributed by atoms with Crippen molar-refractivity contribution >= 4 is 23.6 Å². The second-order valence-electron chi connectivity index (χ2n) is 8.14. The van der Waals surface area contributed by atoms with Gasteiger partial charge in [0.1, 0.15) is 11.9 Å². The molecule has 27 heavy (non-hydrogen) atoms. The van der Waals surface area contributed by atoms with E-state index >= 15 is 0 Å². The van der Waals surface area contributed by atoms with E-state index in [-0.39, 0.29) is 11.3 Å². The molecule has 0 aromatic carbocycles. The second-order valence-corrected chi connectivity index (χ2v) is 8.14. The van der Waals surface area contributed by atoms with Crippen molar-refractivity contribution in [3.8, 4) is 0 Å². The van der Waals surface area contributed by atoms with E-state index < -0.39 is 12.0 Å². The molecule has 1 unspecified atom stereocenters. The fourth-order valence-corrected chi connectivity index (χ4v) is 4.27. The van der Waals surface area contributed by atoms with Crippen LogP contribution in [0.1, 0.15) is 37.4 Å². The van der Waals surface area contributed by atoms with Gasteiger partial charge in [0, 0.05) is 51.9 Å². The Labute approximate surface area is 160 Å². The van der Waals surface area contributed by atoms with Crippen LogP contribution >= 0.6 is 0 Å². The maximum absolute atomic E-state index is 11.9. The molecule has 8 nitrogen and oxygen atoms in total. The number of aliphatic carboxylic acids is 1. The third-order valence-corrected chi connectivity index (χ3v) is 6.07. The molecule has 1 N–H and O–H groups in total. The molecule has 3 rings (SSSR count). The van der Waals surface area contributed by atoms with Gasteiger partial charge in [0.05, 0.1) is 0 Å². The average Bonchev–Trinajstić information content (AvgIpc) is 2.98. The van der Waals surface area contributed by atoms with Crippen LogP contribution in [0.3, 0.4) is 0 Å². The van der Waals surface area contributed by atoms with Gasteiger partial charge in [0.15, 0.2) is 0 Å². The first kappa shape index (κ1) is 19.4. The van der Waals surface area contributed by atoms with Crippen molar-refractivity contribution < 1.29 is 14.7 Å². The Bertz CT molecular complexity index is 732. The number of piperidine rings is 1. The molecule has 0 radical (unpaired) electrons.